The summed E-state index contributed by atoms with van der Waals surface area (Å²) < 4.78 is 7.14. The molecule has 7 heteroatoms. The zero-order valence-electron chi connectivity index (χ0n) is 12.9. The van der Waals surface area contributed by atoms with Crippen LogP contribution in [0.15, 0.2) is 58.0 Å². The van der Waals surface area contributed by atoms with Crippen LogP contribution in [0, 0.1) is 0 Å². The van der Waals surface area contributed by atoms with Crippen LogP contribution in [0.25, 0.3) is 10.2 Å². The highest BCUT2D eigenvalue weighted by Crippen LogP contribution is 2.28. The van der Waals surface area contributed by atoms with Crippen molar-refractivity contribution in [3.8, 4) is 5.75 Å². The zero-order valence-corrected chi connectivity index (χ0v) is 14.6. The Morgan fingerprint density at radius 1 is 1.33 bits per heavy atom. The topological polar surface area (TPSA) is 63.6 Å². The predicted molar refractivity (Wildman–Crippen MR) is 99.1 cm³/mol. The van der Waals surface area contributed by atoms with Crippen LogP contribution < -0.4 is 10.2 Å². The number of thiazole rings is 1. The van der Waals surface area contributed by atoms with Gasteiger partial charge < -0.3 is 4.74 Å². The first kappa shape index (κ1) is 16.5. The van der Waals surface area contributed by atoms with Crippen molar-refractivity contribution in [1.82, 2.24) is 10.4 Å². The quantitative estimate of drug-likeness (QED) is 0.416. The average molecular weight is 357 g/mol. The summed E-state index contributed by atoms with van der Waals surface area (Å²) in [5, 5.41) is 3.96. The molecular weight excluding hydrogens is 342 g/mol. The number of methoxy groups -OCH3 is 1. The van der Waals surface area contributed by atoms with Gasteiger partial charge in [-0.1, -0.05) is 36.0 Å². The van der Waals surface area contributed by atoms with E-state index in [1.54, 1.807) is 24.7 Å². The van der Waals surface area contributed by atoms with Crippen LogP contribution in [0.1, 0.15) is 5.56 Å². The molecule has 0 fully saturated rings. The van der Waals surface area contributed by atoms with Gasteiger partial charge in [0.05, 0.1) is 29.3 Å². The molecule has 0 spiro atoms. The molecule has 0 atom stereocenters. The van der Waals surface area contributed by atoms with E-state index in [9.17, 15) is 4.79 Å². The summed E-state index contributed by atoms with van der Waals surface area (Å²) >= 11 is 2.99. The van der Waals surface area contributed by atoms with Gasteiger partial charge in [-0.3, -0.25) is 4.79 Å². The number of amides is 1. The molecule has 1 N–H and O–H groups in total. The lowest BCUT2D eigenvalue weighted by Gasteiger charge is -2.00. The van der Waals surface area contributed by atoms with Crippen LogP contribution in [0.4, 0.5) is 0 Å². The maximum atomic E-state index is 11.9. The first-order chi connectivity index (χ1) is 11.7. The number of para-hydroxylation sites is 1. The highest BCUT2D eigenvalue weighted by atomic mass is 32.2. The Morgan fingerprint density at radius 2 is 2.21 bits per heavy atom. The van der Waals surface area contributed by atoms with Crippen molar-refractivity contribution in [1.29, 1.82) is 0 Å². The molecule has 3 rings (SSSR count). The third-order valence-corrected chi connectivity index (χ3v) is 5.28. The second-order valence-corrected chi connectivity index (χ2v) is 7.06. The predicted octanol–water partition coefficient (Wildman–Crippen LogP) is 3.55. The van der Waals surface area contributed by atoms with Gasteiger partial charge in [0, 0.05) is 0 Å². The molecule has 0 saturated heterocycles. The summed E-state index contributed by atoms with van der Waals surface area (Å²) in [6.07, 6.45) is 1.59. The lowest BCUT2D eigenvalue weighted by molar-refractivity contribution is -0.118. The van der Waals surface area contributed by atoms with Gasteiger partial charge in [-0.25, -0.2) is 10.4 Å². The van der Waals surface area contributed by atoms with Gasteiger partial charge in [-0.2, -0.15) is 5.10 Å². The van der Waals surface area contributed by atoms with E-state index in [1.165, 1.54) is 11.8 Å². The third-order valence-electron chi connectivity index (χ3n) is 3.10. The van der Waals surface area contributed by atoms with Crippen LogP contribution in [0.2, 0.25) is 0 Å². The number of hydrazone groups is 1. The number of aromatic nitrogens is 1. The van der Waals surface area contributed by atoms with Gasteiger partial charge in [0.1, 0.15) is 5.75 Å². The Balaban J connectivity index is 1.51. The van der Waals surface area contributed by atoms with Crippen LogP contribution in [-0.4, -0.2) is 30.0 Å². The van der Waals surface area contributed by atoms with Gasteiger partial charge in [0.2, 0.25) is 0 Å². The molecule has 5 nitrogen and oxygen atoms in total. The van der Waals surface area contributed by atoms with Gasteiger partial charge in [-0.15, -0.1) is 11.3 Å². The molecule has 2 aromatic carbocycles. The van der Waals surface area contributed by atoms with E-state index in [0.29, 0.717) is 0 Å². The van der Waals surface area contributed by atoms with Gasteiger partial charge in [0.15, 0.2) is 4.34 Å². The van der Waals surface area contributed by atoms with E-state index < -0.39 is 0 Å². The minimum atomic E-state index is -0.168. The Morgan fingerprint density at radius 3 is 3.04 bits per heavy atom. The van der Waals surface area contributed by atoms with Crippen molar-refractivity contribution in [2.45, 2.75) is 4.34 Å². The van der Waals surface area contributed by atoms with Crippen molar-refractivity contribution in [3.05, 3.63) is 54.1 Å². The Kier molecular flexibility index (Phi) is 5.45. The summed E-state index contributed by atoms with van der Waals surface area (Å²) in [4.78, 5) is 16.3. The minimum absolute atomic E-state index is 0.168. The number of carbonyl (C=O) groups is 1. The summed E-state index contributed by atoms with van der Waals surface area (Å²) in [6.45, 7) is 0. The second kappa shape index (κ2) is 7.94. The van der Waals surface area contributed by atoms with E-state index >= 15 is 0 Å². The van der Waals surface area contributed by atoms with E-state index in [0.717, 1.165) is 25.9 Å². The fourth-order valence-electron chi connectivity index (χ4n) is 1.97. The first-order valence-electron chi connectivity index (χ1n) is 7.19. The molecule has 0 unspecified atom stereocenters. The van der Waals surface area contributed by atoms with Crippen LogP contribution in [0.5, 0.6) is 5.75 Å². The zero-order chi connectivity index (χ0) is 16.8. The minimum Gasteiger partial charge on any atom is -0.497 e. The Hall–Kier alpha value is -2.38. The maximum absolute atomic E-state index is 11.9. The fraction of sp³-hybridized carbons (Fsp3) is 0.118. The van der Waals surface area contributed by atoms with Crippen molar-refractivity contribution in [3.63, 3.8) is 0 Å². The summed E-state index contributed by atoms with van der Waals surface area (Å²) in [5.41, 5.74) is 4.33. The first-order valence-corrected chi connectivity index (χ1v) is 8.99. The molecule has 0 radical (unpaired) electrons. The van der Waals surface area contributed by atoms with Crippen molar-refractivity contribution in [2.75, 3.05) is 12.9 Å². The number of fused-ring (bicyclic) bond motifs is 1. The lowest BCUT2D eigenvalue weighted by atomic mass is 10.2. The number of ether oxygens (including phenoxy) is 1. The number of rotatable bonds is 6. The van der Waals surface area contributed by atoms with E-state index in [1.807, 2.05) is 48.5 Å². The highest BCUT2D eigenvalue weighted by Gasteiger charge is 2.06. The molecule has 122 valence electrons. The molecule has 1 heterocycles. The molecule has 0 aliphatic rings. The SMILES string of the molecule is COc1cccc(C=NNC(=O)CSc2nc3ccccc3s2)c1. The Labute approximate surface area is 147 Å². The average Bonchev–Trinajstić information content (AvgIpc) is 3.03. The van der Waals surface area contributed by atoms with Crippen LogP contribution in [0.3, 0.4) is 0 Å². The van der Waals surface area contributed by atoms with Crippen molar-refractivity contribution in [2.24, 2.45) is 5.10 Å². The van der Waals surface area contributed by atoms with E-state index in [4.69, 9.17) is 4.74 Å². The normalized spacial score (nSPS) is 11.0. The molecule has 0 saturated carbocycles. The number of benzene rings is 2. The number of carbonyl (C=O) groups excluding carboxylic acids is 1. The van der Waals surface area contributed by atoms with Crippen LogP contribution in [-0.2, 0) is 4.79 Å². The molecule has 0 aliphatic carbocycles. The standard InChI is InChI=1S/C17H15N3O2S2/c1-22-13-6-4-5-12(9-13)10-18-20-16(21)11-23-17-19-14-7-2-3-8-15(14)24-17/h2-10H,11H2,1H3,(H,20,21). The molecule has 24 heavy (non-hydrogen) atoms. The van der Waals surface area contributed by atoms with Crippen molar-refractivity contribution >= 4 is 45.4 Å². The molecule has 1 amide bonds. The van der Waals surface area contributed by atoms with Gasteiger partial charge >= 0.3 is 0 Å². The summed E-state index contributed by atoms with van der Waals surface area (Å²) in [7, 11) is 1.61. The summed E-state index contributed by atoms with van der Waals surface area (Å²) in [5.74, 6) is 0.852. The number of nitrogens with one attached hydrogen (secondary N) is 1. The molecule has 0 aliphatic heterocycles. The summed E-state index contributed by atoms with van der Waals surface area (Å²) in [6, 6.07) is 15.4. The highest BCUT2D eigenvalue weighted by molar-refractivity contribution is 8.01. The molecular formula is C17H15N3O2S2. The monoisotopic (exact) mass is 357 g/mol. The molecule has 3 aromatic rings. The number of hydrogen-bond donors (Lipinski definition) is 1. The van der Waals surface area contributed by atoms with E-state index in [2.05, 4.69) is 15.5 Å². The van der Waals surface area contributed by atoms with Crippen molar-refractivity contribution < 1.29 is 9.53 Å². The second-order valence-electron chi connectivity index (χ2n) is 4.81. The van der Waals surface area contributed by atoms with Gasteiger partial charge in [0.25, 0.3) is 5.91 Å². The third kappa shape index (κ3) is 4.33. The van der Waals surface area contributed by atoms with E-state index in [-0.39, 0.29) is 11.7 Å². The smallest absolute Gasteiger partial charge is 0.250 e. The number of hydrogen-bond acceptors (Lipinski definition) is 6. The lowest BCUT2D eigenvalue weighted by Crippen LogP contribution is -2.19. The Bertz CT molecular complexity index is 844. The largest absolute Gasteiger partial charge is 0.497 e. The molecule has 0 bridgehead atoms. The van der Waals surface area contributed by atoms with Gasteiger partial charge in [-0.05, 0) is 29.8 Å². The molecule has 1 aromatic heterocycles. The maximum Gasteiger partial charge on any atom is 0.250 e. The number of thioether (sulfide) groups is 1. The fourth-order valence-corrected chi connectivity index (χ4v) is 3.83. The number of nitrogens with zero attached hydrogens (tertiary/aromatic N) is 2. The van der Waals surface area contributed by atoms with Crippen LogP contribution >= 0.6 is 23.1 Å².